The number of likely N-dealkylation sites (N-methyl/N-ethyl adjacent to an activating group) is 1. The topological polar surface area (TPSA) is 44.8 Å². The molecule has 1 N–H and O–H groups in total. The van der Waals surface area contributed by atoms with Crippen LogP contribution in [0, 0.1) is 5.82 Å². The molecular weight excluding hydrogens is 285 g/mol. The fraction of sp³-hybridized carbons (Fsp3) is 0.562. The molecule has 2 fully saturated rings. The van der Waals surface area contributed by atoms with Gasteiger partial charge in [0.1, 0.15) is 11.9 Å². The van der Waals surface area contributed by atoms with Gasteiger partial charge < -0.3 is 19.9 Å². The Morgan fingerprint density at radius 1 is 1.32 bits per heavy atom. The first-order chi connectivity index (χ1) is 10.6. The van der Waals surface area contributed by atoms with Crippen LogP contribution >= 0.6 is 0 Å². The molecule has 2 saturated heterocycles. The van der Waals surface area contributed by atoms with Crippen molar-refractivity contribution in [2.75, 3.05) is 51.3 Å². The second-order valence-corrected chi connectivity index (χ2v) is 5.92. The monoisotopic (exact) mass is 307 g/mol. The maximum Gasteiger partial charge on any atom is 0.249 e. The maximum atomic E-state index is 13.7. The summed E-state index contributed by atoms with van der Waals surface area (Å²) < 4.78 is 19.2. The average Bonchev–Trinajstić information content (AvgIpc) is 2.52. The molecule has 0 saturated carbocycles. The third-order valence-corrected chi connectivity index (χ3v) is 4.31. The van der Waals surface area contributed by atoms with Gasteiger partial charge >= 0.3 is 0 Å². The minimum atomic E-state index is -0.481. The van der Waals surface area contributed by atoms with Crippen molar-refractivity contribution >= 4 is 11.6 Å². The van der Waals surface area contributed by atoms with E-state index < -0.39 is 6.10 Å². The number of carbonyl (C=O) groups is 1. The Hall–Kier alpha value is -1.66. The first kappa shape index (κ1) is 15.2. The summed E-state index contributed by atoms with van der Waals surface area (Å²) in [6.07, 6.45) is -0.00114. The number of benzene rings is 1. The molecule has 120 valence electrons. The van der Waals surface area contributed by atoms with Crippen LogP contribution in [0.1, 0.15) is 5.56 Å². The van der Waals surface area contributed by atoms with Gasteiger partial charge in [-0.3, -0.25) is 4.79 Å². The second-order valence-electron chi connectivity index (χ2n) is 5.92. The van der Waals surface area contributed by atoms with E-state index in [1.165, 1.54) is 6.07 Å². The lowest BCUT2D eigenvalue weighted by molar-refractivity contribution is -0.137. The summed E-state index contributed by atoms with van der Waals surface area (Å²) in [7, 11) is 2.09. The van der Waals surface area contributed by atoms with E-state index >= 15 is 0 Å². The number of anilines is 1. The van der Waals surface area contributed by atoms with Crippen molar-refractivity contribution in [3.8, 4) is 0 Å². The van der Waals surface area contributed by atoms with Crippen molar-refractivity contribution in [2.45, 2.75) is 12.5 Å². The Morgan fingerprint density at radius 3 is 2.82 bits per heavy atom. The first-order valence-corrected chi connectivity index (χ1v) is 7.75. The van der Waals surface area contributed by atoms with Crippen LogP contribution in [0.5, 0.6) is 0 Å². The van der Waals surface area contributed by atoms with Crippen LogP contribution < -0.4 is 10.2 Å². The normalized spacial score (nSPS) is 23.5. The lowest BCUT2D eigenvalue weighted by atomic mass is 10.0. The molecule has 1 aromatic rings. The SMILES string of the molecule is CN1CCN(c2cc(F)ccc2CC2OCCNC2=O)CC1. The number of rotatable bonds is 3. The average molecular weight is 307 g/mol. The van der Waals surface area contributed by atoms with E-state index in [0.717, 1.165) is 37.4 Å². The zero-order chi connectivity index (χ0) is 15.5. The van der Waals surface area contributed by atoms with E-state index in [-0.39, 0.29) is 11.7 Å². The fourth-order valence-corrected chi connectivity index (χ4v) is 2.97. The van der Waals surface area contributed by atoms with E-state index in [9.17, 15) is 9.18 Å². The molecule has 1 aromatic carbocycles. The van der Waals surface area contributed by atoms with Crippen molar-refractivity contribution in [3.05, 3.63) is 29.6 Å². The molecule has 2 aliphatic heterocycles. The number of piperazine rings is 1. The number of nitrogens with one attached hydrogen (secondary N) is 1. The molecule has 0 aliphatic carbocycles. The number of hydrogen-bond donors (Lipinski definition) is 1. The number of hydrogen-bond acceptors (Lipinski definition) is 4. The zero-order valence-corrected chi connectivity index (χ0v) is 12.8. The van der Waals surface area contributed by atoms with Crippen LogP contribution in [0.25, 0.3) is 0 Å². The summed E-state index contributed by atoms with van der Waals surface area (Å²) in [4.78, 5) is 16.3. The molecule has 0 bridgehead atoms. The summed E-state index contributed by atoms with van der Waals surface area (Å²) in [5.74, 6) is -0.327. The Kier molecular flexibility index (Phi) is 4.59. The zero-order valence-electron chi connectivity index (χ0n) is 12.8. The quantitative estimate of drug-likeness (QED) is 0.890. The van der Waals surface area contributed by atoms with E-state index in [1.807, 2.05) is 0 Å². The van der Waals surface area contributed by atoms with Gasteiger partial charge in [0.05, 0.1) is 6.61 Å². The molecule has 3 rings (SSSR count). The van der Waals surface area contributed by atoms with Crippen molar-refractivity contribution in [1.29, 1.82) is 0 Å². The third-order valence-electron chi connectivity index (χ3n) is 4.31. The highest BCUT2D eigenvalue weighted by Crippen LogP contribution is 2.25. The molecule has 0 spiro atoms. The maximum absolute atomic E-state index is 13.7. The van der Waals surface area contributed by atoms with Gasteiger partial charge in [-0.15, -0.1) is 0 Å². The lowest BCUT2D eigenvalue weighted by Crippen LogP contribution is -2.46. The Bertz CT molecular complexity index is 544. The minimum absolute atomic E-state index is 0.0834. The Labute approximate surface area is 130 Å². The highest BCUT2D eigenvalue weighted by atomic mass is 19.1. The molecule has 2 aliphatic rings. The summed E-state index contributed by atoms with van der Waals surface area (Å²) >= 11 is 0. The van der Waals surface area contributed by atoms with Gasteiger partial charge in [-0.25, -0.2) is 4.39 Å². The minimum Gasteiger partial charge on any atom is -0.369 e. The molecule has 2 heterocycles. The number of amides is 1. The molecule has 5 nitrogen and oxygen atoms in total. The molecule has 0 radical (unpaired) electrons. The highest BCUT2D eigenvalue weighted by Gasteiger charge is 2.25. The predicted molar refractivity (Wildman–Crippen MR) is 82.6 cm³/mol. The second kappa shape index (κ2) is 6.62. The Balaban J connectivity index is 1.79. The van der Waals surface area contributed by atoms with E-state index in [0.29, 0.717) is 19.6 Å². The largest absolute Gasteiger partial charge is 0.369 e. The highest BCUT2D eigenvalue weighted by molar-refractivity contribution is 5.82. The summed E-state index contributed by atoms with van der Waals surface area (Å²) in [5.41, 5.74) is 1.85. The number of nitrogens with zero attached hydrogens (tertiary/aromatic N) is 2. The molecule has 22 heavy (non-hydrogen) atoms. The Morgan fingerprint density at radius 2 is 2.09 bits per heavy atom. The van der Waals surface area contributed by atoms with Crippen LogP contribution in [0.15, 0.2) is 18.2 Å². The van der Waals surface area contributed by atoms with Gasteiger partial charge in [0.2, 0.25) is 5.91 Å². The third kappa shape index (κ3) is 3.39. The first-order valence-electron chi connectivity index (χ1n) is 7.75. The van der Waals surface area contributed by atoms with Crippen LogP contribution in [0.4, 0.5) is 10.1 Å². The predicted octanol–water partition coefficient (Wildman–Crippen LogP) is 0.635. The van der Waals surface area contributed by atoms with Crippen LogP contribution in [-0.2, 0) is 16.0 Å². The van der Waals surface area contributed by atoms with E-state index in [4.69, 9.17) is 4.74 Å². The van der Waals surface area contributed by atoms with Gasteiger partial charge in [-0.1, -0.05) is 6.07 Å². The van der Waals surface area contributed by atoms with Crippen molar-refractivity contribution in [2.24, 2.45) is 0 Å². The number of halogens is 1. The van der Waals surface area contributed by atoms with Crippen molar-refractivity contribution < 1.29 is 13.9 Å². The van der Waals surface area contributed by atoms with Crippen molar-refractivity contribution in [3.63, 3.8) is 0 Å². The van der Waals surface area contributed by atoms with Crippen molar-refractivity contribution in [1.82, 2.24) is 10.2 Å². The number of morpholine rings is 1. The fourth-order valence-electron chi connectivity index (χ4n) is 2.97. The van der Waals surface area contributed by atoms with Crippen LogP contribution in [0.3, 0.4) is 0 Å². The summed E-state index contributed by atoms with van der Waals surface area (Å²) in [6.45, 7) is 4.73. The van der Waals surface area contributed by atoms with Crippen LogP contribution in [0.2, 0.25) is 0 Å². The lowest BCUT2D eigenvalue weighted by Gasteiger charge is -2.35. The van der Waals surface area contributed by atoms with Gasteiger partial charge in [0.25, 0.3) is 0 Å². The van der Waals surface area contributed by atoms with Crippen LogP contribution in [-0.4, -0.2) is 63.3 Å². The molecule has 1 unspecified atom stereocenters. The summed E-state index contributed by atoms with van der Waals surface area (Å²) in [5, 5.41) is 2.81. The molecule has 1 atom stereocenters. The van der Waals surface area contributed by atoms with Gasteiger partial charge in [0.15, 0.2) is 0 Å². The van der Waals surface area contributed by atoms with Gasteiger partial charge in [0, 0.05) is 44.8 Å². The summed E-state index contributed by atoms with van der Waals surface area (Å²) in [6, 6.07) is 4.80. The molecule has 1 amide bonds. The standard InChI is InChI=1S/C16H22FN3O2/c1-19-5-7-20(8-6-19)14-11-13(17)3-2-12(14)10-15-16(21)18-4-9-22-15/h2-3,11,15H,4-10H2,1H3,(H,18,21). The molecular formula is C16H22FN3O2. The molecule has 6 heteroatoms. The number of ether oxygens (including phenoxy) is 1. The molecule has 0 aromatic heterocycles. The number of carbonyl (C=O) groups excluding carboxylic acids is 1. The smallest absolute Gasteiger partial charge is 0.249 e. The van der Waals surface area contributed by atoms with Gasteiger partial charge in [-0.2, -0.15) is 0 Å². The van der Waals surface area contributed by atoms with E-state index in [2.05, 4.69) is 22.2 Å². The van der Waals surface area contributed by atoms with E-state index in [1.54, 1.807) is 12.1 Å². The van der Waals surface area contributed by atoms with Gasteiger partial charge in [-0.05, 0) is 24.7 Å².